The van der Waals surface area contributed by atoms with Gasteiger partial charge in [-0.25, -0.2) is 4.39 Å². The van der Waals surface area contributed by atoms with E-state index >= 15 is 0 Å². The van der Waals surface area contributed by atoms with Crippen molar-refractivity contribution in [3.63, 3.8) is 0 Å². The zero-order valence-electron chi connectivity index (χ0n) is 11.1. The molecule has 0 spiro atoms. The van der Waals surface area contributed by atoms with Gasteiger partial charge in [0.15, 0.2) is 0 Å². The van der Waals surface area contributed by atoms with Crippen molar-refractivity contribution in [2.45, 2.75) is 38.0 Å². The lowest BCUT2D eigenvalue weighted by atomic mass is 10.1. The van der Waals surface area contributed by atoms with Gasteiger partial charge in [0.05, 0.1) is 6.04 Å². The minimum absolute atomic E-state index is 0.207. The summed E-state index contributed by atoms with van der Waals surface area (Å²) in [5.74, 6) is -0.243. The lowest BCUT2D eigenvalue weighted by molar-refractivity contribution is 0.531. The molecule has 1 aromatic carbocycles. The maximum atomic E-state index is 13.5. The second-order valence-corrected chi connectivity index (χ2v) is 7.13. The molecular weight excluding hydrogens is 249 g/mol. The SMILES string of the molecule is C=C[C@@H](Cc1ccccc1F)N[S+]([O-])C(C)(C)C. The van der Waals surface area contributed by atoms with Gasteiger partial charge in [0.25, 0.3) is 0 Å². The highest BCUT2D eigenvalue weighted by Gasteiger charge is 2.28. The molecule has 0 heterocycles. The topological polar surface area (TPSA) is 35.1 Å². The van der Waals surface area contributed by atoms with E-state index in [1.165, 1.54) is 6.07 Å². The van der Waals surface area contributed by atoms with E-state index in [0.29, 0.717) is 12.0 Å². The Balaban J connectivity index is 2.69. The summed E-state index contributed by atoms with van der Waals surface area (Å²) in [6.45, 7) is 9.37. The van der Waals surface area contributed by atoms with Crippen LogP contribution in [0.4, 0.5) is 4.39 Å². The van der Waals surface area contributed by atoms with E-state index in [4.69, 9.17) is 0 Å². The molecule has 1 unspecified atom stereocenters. The molecule has 18 heavy (non-hydrogen) atoms. The van der Waals surface area contributed by atoms with Crippen molar-refractivity contribution >= 4 is 11.4 Å². The van der Waals surface area contributed by atoms with Crippen LogP contribution in [0.25, 0.3) is 0 Å². The van der Waals surface area contributed by atoms with Crippen LogP contribution < -0.4 is 4.72 Å². The van der Waals surface area contributed by atoms with E-state index in [-0.39, 0.29) is 16.6 Å². The Morgan fingerprint density at radius 3 is 2.56 bits per heavy atom. The predicted molar refractivity (Wildman–Crippen MR) is 75.1 cm³/mol. The first kappa shape index (κ1) is 15.2. The highest BCUT2D eigenvalue weighted by atomic mass is 32.2. The molecule has 0 bridgehead atoms. The van der Waals surface area contributed by atoms with Gasteiger partial charge < -0.3 is 4.55 Å². The van der Waals surface area contributed by atoms with Crippen molar-refractivity contribution in [3.05, 3.63) is 48.3 Å². The van der Waals surface area contributed by atoms with Crippen LogP contribution in [0.3, 0.4) is 0 Å². The quantitative estimate of drug-likeness (QED) is 0.659. The molecule has 2 nitrogen and oxygen atoms in total. The highest BCUT2D eigenvalue weighted by molar-refractivity contribution is 7.90. The van der Waals surface area contributed by atoms with Crippen molar-refractivity contribution < 1.29 is 8.94 Å². The van der Waals surface area contributed by atoms with E-state index in [9.17, 15) is 8.94 Å². The predicted octanol–water partition coefficient (Wildman–Crippen LogP) is 2.97. The van der Waals surface area contributed by atoms with E-state index < -0.39 is 11.4 Å². The minimum atomic E-state index is -1.19. The Morgan fingerprint density at radius 1 is 1.44 bits per heavy atom. The van der Waals surface area contributed by atoms with Crippen molar-refractivity contribution in [2.75, 3.05) is 0 Å². The zero-order chi connectivity index (χ0) is 13.8. The molecule has 100 valence electrons. The number of nitrogens with one attached hydrogen (secondary N) is 1. The van der Waals surface area contributed by atoms with Gasteiger partial charge in [0.1, 0.15) is 10.6 Å². The lowest BCUT2D eigenvalue weighted by Crippen LogP contribution is -2.44. The molecule has 0 amide bonds. The van der Waals surface area contributed by atoms with Gasteiger partial charge in [-0.05, 0) is 38.8 Å². The van der Waals surface area contributed by atoms with Gasteiger partial charge in [0.2, 0.25) is 0 Å². The van der Waals surface area contributed by atoms with Crippen LogP contribution in [0.5, 0.6) is 0 Å². The fourth-order valence-corrected chi connectivity index (χ4v) is 2.20. The standard InChI is InChI=1S/C14H20FNOS/c1-5-12(16-18(17)14(2,3)4)10-11-8-6-7-9-13(11)15/h5-9,12,16H,1,10H2,2-4H3/t12-,18?/m0/s1. The summed E-state index contributed by atoms with van der Waals surface area (Å²) in [6.07, 6.45) is 2.11. The molecular formula is C14H20FNOS. The molecule has 0 aromatic heterocycles. The molecule has 0 aliphatic rings. The summed E-state index contributed by atoms with van der Waals surface area (Å²) < 4.78 is 28.1. The van der Waals surface area contributed by atoms with Gasteiger partial charge in [-0.2, -0.15) is 0 Å². The largest absolute Gasteiger partial charge is 0.598 e. The third-order valence-electron chi connectivity index (χ3n) is 2.50. The third-order valence-corrected chi connectivity index (χ3v) is 4.13. The zero-order valence-corrected chi connectivity index (χ0v) is 11.9. The summed E-state index contributed by atoms with van der Waals surface area (Å²) in [6, 6.07) is 6.40. The van der Waals surface area contributed by atoms with Crippen LogP contribution in [0, 0.1) is 5.82 Å². The Morgan fingerprint density at radius 2 is 2.06 bits per heavy atom. The first-order valence-electron chi connectivity index (χ1n) is 5.88. The Bertz CT molecular complexity index is 403. The van der Waals surface area contributed by atoms with Gasteiger partial charge in [-0.3, -0.25) is 0 Å². The van der Waals surface area contributed by atoms with E-state index in [2.05, 4.69) is 11.3 Å². The highest BCUT2D eigenvalue weighted by Crippen LogP contribution is 2.16. The van der Waals surface area contributed by atoms with Crippen molar-refractivity contribution in [2.24, 2.45) is 0 Å². The van der Waals surface area contributed by atoms with Gasteiger partial charge in [-0.15, -0.1) is 11.3 Å². The van der Waals surface area contributed by atoms with Crippen LogP contribution in [0.2, 0.25) is 0 Å². The van der Waals surface area contributed by atoms with Crippen molar-refractivity contribution in [1.82, 2.24) is 4.72 Å². The summed E-state index contributed by atoms with van der Waals surface area (Å²) in [5, 5.41) is 0. The number of benzene rings is 1. The second-order valence-electron chi connectivity index (χ2n) is 5.14. The van der Waals surface area contributed by atoms with E-state index in [1.54, 1.807) is 24.3 Å². The summed E-state index contributed by atoms with van der Waals surface area (Å²) >= 11 is -1.19. The Kier molecular flexibility index (Phi) is 5.38. The van der Waals surface area contributed by atoms with E-state index in [1.807, 2.05) is 20.8 Å². The number of rotatable bonds is 5. The summed E-state index contributed by atoms with van der Waals surface area (Å²) in [7, 11) is 0. The molecule has 0 fully saturated rings. The molecule has 0 aliphatic carbocycles. The Hall–Kier alpha value is -0.840. The smallest absolute Gasteiger partial charge is 0.136 e. The normalized spacial score (nSPS) is 15.2. The molecule has 4 heteroatoms. The van der Waals surface area contributed by atoms with Crippen molar-refractivity contribution in [3.8, 4) is 0 Å². The summed E-state index contributed by atoms with van der Waals surface area (Å²) in [5.41, 5.74) is 0.598. The van der Waals surface area contributed by atoms with Crippen LogP contribution in [-0.4, -0.2) is 15.3 Å². The van der Waals surface area contributed by atoms with Gasteiger partial charge in [-0.1, -0.05) is 24.3 Å². The van der Waals surface area contributed by atoms with Crippen molar-refractivity contribution in [1.29, 1.82) is 0 Å². The van der Waals surface area contributed by atoms with Crippen LogP contribution >= 0.6 is 0 Å². The lowest BCUT2D eigenvalue weighted by Gasteiger charge is -2.26. The molecule has 2 atom stereocenters. The molecule has 1 aromatic rings. The third kappa shape index (κ3) is 4.44. The van der Waals surface area contributed by atoms with Gasteiger partial charge >= 0.3 is 0 Å². The number of hydrogen-bond acceptors (Lipinski definition) is 2. The molecule has 1 rings (SSSR count). The molecule has 0 saturated heterocycles. The average molecular weight is 269 g/mol. The maximum Gasteiger partial charge on any atom is 0.136 e. The Labute approximate surface area is 112 Å². The fourth-order valence-electron chi connectivity index (χ4n) is 1.39. The monoisotopic (exact) mass is 269 g/mol. The fraction of sp³-hybridized carbons (Fsp3) is 0.429. The molecule has 0 saturated carbocycles. The molecule has 0 aliphatic heterocycles. The average Bonchev–Trinajstić information content (AvgIpc) is 2.29. The van der Waals surface area contributed by atoms with Crippen LogP contribution in [-0.2, 0) is 17.8 Å². The molecule has 1 N–H and O–H groups in total. The number of hydrogen-bond donors (Lipinski definition) is 1. The van der Waals surface area contributed by atoms with E-state index in [0.717, 1.165) is 0 Å². The first-order valence-corrected chi connectivity index (χ1v) is 7.03. The second kappa shape index (κ2) is 6.36. The minimum Gasteiger partial charge on any atom is -0.598 e. The van der Waals surface area contributed by atoms with Crippen LogP contribution in [0.1, 0.15) is 26.3 Å². The van der Waals surface area contributed by atoms with Crippen LogP contribution in [0.15, 0.2) is 36.9 Å². The van der Waals surface area contributed by atoms with Gasteiger partial charge in [0, 0.05) is 11.4 Å². The first-order chi connectivity index (χ1) is 8.34. The number of halogens is 1. The molecule has 0 radical (unpaired) electrons. The summed E-state index contributed by atoms with van der Waals surface area (Å²) in [4.78, 5) is 0. The maximum absolute atomic E-state index is 13.5.